The quantitative estimate of drug-likeness (QED) is 0.393. The van der Waals surface area contributed by atoms with Crippen molar-refractivity contribution in [3.05, 3.63) is 81.4 Å². The number of nitrogens with one attached hydrogen (secondary N) is 3. The van der Waals surface area contributed by atoms with E-state index in [0.717, 1.165) is 31.0 Å². The van der Waals surface area contributed by atoms with Crippen molar-refractivity contribution in [3.63, 3.8) is 0 Å². The first-order valence-electron chi connectivity index (χ1n) is 10.7. The molecule has 7 heteroatoms. The van der Waals surface area contributed by atoms with Gasteiger partial charge < -0.3 is 25.2 Å². The van der Waals surface area contributed by atoms with Gasteiger partial charge >= 0.3 is 0 Å². The van der Waals surface area contributed by atoms with E-state index in [1.807, 2.05) is 36.4 Å². The smallest absolute Gasteiger partial charge is 0.261 e. The number of aromatic amines is 1. The second-order valence-electron chi connectivity index (χ2n) is 7.71. The first kappa shape index (κ1) is 23.1. The van der Waals surface area contributed by atoms with Crippen molar-refractivity contribution in [2.45, 2.75) is 38.6 Å². The molecular formula is C25H30N4O3. The van der Waals surface area contributed by atoms with Gasteiger partial charge in [-0.1, -0.05) is 36.4 Å². The molecule has 7 nitrogen and oxygen atoms in total. The highest BCUT2D eigenvalue weighted by molar-refractivity contribution is 5.83. The fourth-order valence-electron chi connectivity index (χ4n) is 3.60. The normalized spacial score (nSPS) is 11.6. The Balaban J connectivity index is 1.72. The second-order valence-corrected chi connectivity index (χ2v) is 7.71. The van der Waals surface area contributed by atoms with Crippen LogP contribution in [0, 0.1) is 5.41 Å². The molecule has 3 N–H and O–H groups in total. The van der Waals surface area contributed by atoms with Crippen LogP contribution >= 0.6 is 0 Å². The van der Waals surface area contributed by atoms with Crippen molar-refractivity contribution in [2.24, 2.45) is 0 Å². The van der Waals surface area contributed by atoms with Gasteiger partial charge in [0.15, 0.2) is 11.5 Å². The van der Waals surface area contributed by atoms with E-state index in [-0.39, 0.29) is 17.2 Å². The number of benzene rings is 2. The number of aromatic nitrogens is 2. The molecule has 0 saturated carbocycles. The summed E-state index contributed by atoms with van der Waals surface area (Å²) in [5, 5.41) is 11.0. The van der Waals surface area contributed by atoms with Gasteiger partial charge in [-0.15, -0.1) is 0 Å². The fraction of sp³-hybridized carbons (Fsp3) is 0.320. The minimum absolute atomic E-state index is 0.112. The van der Waals surface area contributed by atoms with Crippen molar-refractivity contribution < 1.29 is 9.47 Å². The largest absolute Gasteiger partial charge is 0.493 e. The maximum atomic E-state index is 12.6. The lowest BCUT2D eigenvalue weighted by Crippen LogP contribution is -2.24. The molecule has 0 aliphatic heterocycles. The molecule has 0 bridgehead atoms. The first-order chi connectivity index (χ1) is 15.5. The Hall–Kier alpha value is -3.61. The zero-order valence-electron chi connectivity index (χ0n) is 18.8. The summed E-state index contributed by atoms with van der Waals surface area (Å²) >= 11 is 0. The highest BCUT2D eigenvalue weighted by Gasteiger charge is 2.14. The lowest BCUT2D eigenvalue weighted by molar-refractivity contribution is 0.354. The van der Waals surface area contributed by atoms with Gasteiger partial charge in [0.25, 0.3) is 5.56 Å². The highest BCUT2D eigenvalue weighted by atomic mass is 16.5. The molecule has 1 aromatic heterocycles. The molecule has 3 aromatic rings. The second kappa shape index (κ2) is 11.1. The summed E-state index contributed by atoms with van der Waals surface area (Å²) in [6.07, 6.45) is 4.40. The van der Waals surface area contributed by atoms with Crippen molar-refractivity contribution in [2.75, 3.05) is 19.5 Å². The van der Waals surface area contributed by atoms with E-state index in [1.165, 1.54) is 5.56 Å². The average Bonchev–Trinajstić information content (AvgIpc) is 2.79. The molecule has 0 aliphatic rings. The Morgan fingerprint density at radius 2 is 1.84 bits per heavy atom. The Labute approximate surface area is 188 Å². The number of rotatable bonds is 11. The fourth-order valence-corrected chi connectivity index (χ4v) is 3.60. The molecule has 1 unspecified atom stereocenters. The van der Waals surface area contributed by atoms with Gasteiger partial charge in [0.2, 0.25) is 0 Å². The number of hydrogen-bond donors (Lipinski definition) is 3. The van der Waals surface area contributed by atoms with Crippen molar-refractivity contribution in [3.8, 4) is 11.5 Å². The summed E-state index contributed by atoms with van der Waals surface area (Å²) in [7, 11) is 3.17. The summed E-state index contributed by atoms with van der Waals surface area (Å²) in [6, 6.07) is 16.1. The van der Waals surface area contributed by atoms with Gasteiger partial charge in [-0.3, -0.25) is 4.79 Å². The van der Waals surface area contributed by atoms with E-state index < -0.39 is 0 Å². The number of methoxy groups -OCH3 is 2. The summed E-state index contributed by atoms with van der Waals surface area (Å²) in [5.41, 5.74) is 2.14. The molecule has 0 radical (unpaired) electrons. The summed E-state index contributed by atoms with van der Waals surface area (Å²) in [6.45, 7) is 2.07. The number of H-pyrrole nitrogens is 1. The van der Waals surface area contributed by atoms with E-state index >= 15 is 0 Å². The Bertz CT molecular complexity index is 1100. The minimum Gasteiger partial charge on any atom is -0.493 e. The van der Waals surface area contributed by atoms with Crippen LogP contribution in [0.1, 0.15) is 42.3 Å². The number of ether oxygens (including phenoxy) is 2. The molecule has 0 spiro atoms. The maximum absolute atomic E-state index is 12.6. The molecular weight excluding hydrogens is 404 g/mol. The van der Waals surface area contributed by atoms with Crippen LogP contribution < -0.4 is 20.3 Å². The molecule has 32 heavy (non-hydrogen) atoms. The number of anilines is 1. The molecule has 2 aromatic carbocycles. The average molecular weight is 435 g/mol. The van der Waals surface area contributed by atoms with Crippen LogP contribution in [0.5, 0.6) is 11.5 Å². The zero-order valence-corrected chi connectivity index (χ0v) is 18.8. The molecule has 3 rings (SSSR count). The predicted molar refractivity (Wildman–Crippen MR) is 128 cm³/mol. The molecule has 1 atom stereocenters. The van der Waals surface area contributed by atoms with E-state index in [9.17, 15) is 4.79 Å². The first-order valence-corrected chi connectivity index (χ1v) is 10.7. The van der Waals surface area contributed by atoms with Crippen molar-refractivity contribution >= 4 is 12.0 Å². The minimum atomic E-state index is -0.329. The number of nitrogens with zero attached hydrogens (tertiary/aromatic N) is 1. The highest BCUT2D eigenvalue weighted by Crippen LogP contribution is 2.28. The zero-order chi connectivity index (χ0) is 22.9. The Morgan fingerprint density at radius 3 is 2.53 bits per heavy atom. The topological polar surface area (TPSA) is 100 Å². The van der Waals surface area contributed by atoms with Crippen molar-refractivity contribution in [1.29, 1.82) is 5.41 Å². The van der Waals surface area contributed by atoms with E-state index in [1.54, 1.807) is 14.2 Å². The third-order valence-corrected chi connectivity index (χ3v) is 5.30. The number of aryl methyl sites for hydroxylation is 1. The molecule has 1 heterocycles. The molecule has 0 aliphatic carbocycles. The summed E-state index contributed by atoms with van der Waals surface area (Å²) < 4.78 is 10.6. The SMILES string of the molecule is COc1ccc(Cc2nc(NC(C)CCCc3ccccc3)c(C=N)c(=O)[nH]2)cc1OC. The van der Waals surface area contributed by atoms with E-state index in [2.05, 4.69) is 34.3 Å². The van der Waals surface area contributed by atoms with Gasteiger partial charge in [0.05, 0.1) is 19.8 Å². The monoisotopic (exact) mass is 434 g/mol. The van der Waals surface area contributed by atoms with Gasteiger partial charge in [0.1, 0.15) is 11.6 Å². The lowest BCUT2D eigenvalue weighted by Gasteiger charge is -2.17. The van der Waals surface area contributed by atoms with Gasteiger partial charge in [0, 0.05) is 18.7 Å². The van der Waals surface area contributed by atoms with Crippen LogP contribution in [-0.2, 0) is 12.8 Å². The van der Waals surface area contributed by atoms with Gasteiger partial charge in [-0.05, 0) is 49.4 Å². The standard InChI is InChI=1S/C25H30N4O3/c1-17(8-7-11-18-9-5-4-6-10-18)27-24-20(16-26)25(30)29-23(28-24)15-19-12-13-21(31-2)22(14-19)32-3/h4-6,9-10,12-14,16-17,26H,7-8,11,15H2,1-3H3,(H2,27,28,29,30). The van der Waals surface area contributed by atoms with Crippen molar-refractivity contribution in [1.82, 2.24) is 9.97 Å². The van der Waals surface area contributed by atoms with Crippen LogP contribution in [0.25, 0.3) is 0 Å². The van der Waals surface area contributed by atoms with E-state index in [0.29, 0.717) is 29.6 Å². The lowest BCUT2D eigenvalue weighted by atomic mass is 10.1. The van der Waals surface area contributed by atoms with Crippen LogP contribution in [0.2, 0.25) is 0 Å². The summed E-state index contributed by atoms with van der Waals surface area (Å²) in [5.74, 6) is 2.22. The van der Waals surface area contributed by atoms with Crippen LogP contribution in [-0.4, -0.2) is 36.4 Å². The Morgan fingerprint density at radius 1 is 1.09 bits per heavy atom. The third kappa shape index (κ3) is 5.97. The maximum Gasteiger partial charge on any atom is 0.261 e. The molecule has 0 fully saturated rings. The molecule has 168 valence electrons. The van der Waals surface area contributed by atoms with Crippen LogP contribution in [0.3, 0.4) is 0 Å². The van der Waals surface area contributed by atoms with Crippen LogP contribution in [0.4, 0.5) is 5.82 Å². The summed E-state index contributed by atoms with van der Waals surface area (Å²) in [4.78, 5) is 20.0. The molecule has 0 amide bonds. The van der Waals surface area contributed by atoms with E-state index in [4.69, 9.17) is 14.9 Å². The Kier molecular flexibility index (Phi) is 8.02. The van der Waals surface area contributed by atoms with Crippen LogP contribution in [0.15, 0.2) is 53.3 Å². The molecule has 0 saturated heterocycles. The number of hydrogen-bond acceptors (Lipinski definition) is 6. The third-order valence-electron chi connectivity index (χ3n) is 5.30. The van der Waals surface area contributed by atoms with Gasteiger partial charge in [-0.25, -0.2) is 4.98 Å². The van der Waals surface area contributed by atoms with Gasteiger partial charge in [-0.2, -0.15) is 0 Å². The predicted octanol–water partition coefficient (Wildman–Crippen LogP) is 4.20.